The maximum atomic E-state index is 12.8. The van der Waals surface area contributed by atoms with Gasteiger partial charge in [-0.25, -0.2) is 4.39 Å². The number of nitrogens with zero attached hydrogens (tertiary/aromatic N) is 1. The van der Waals surface area contributed by atoms with Crippen LogP contribution in [0, 0.1) is 5.82 Å². The minimum Gasteiger partial charge on any atom is -0.385 e. The van der Waals surface area contributed by atoms with Gasteiger partial charge in [-0.05, 0) is 48.4 Å². The van der Waals surface area contributed by atoms with E-state index in [9.17, 15) is 4.39 Å². The van der Waals surface area contributed by atoms with Crippen molar-refractivity contribution in [3.63, 3.8) is 0 Å². The predicted octanol–water partition coefficient (Wildman–Crippen LogP) is 3.55. The molecule has 0 unspecified atom stereocenters. The van der Waals surface area contributed by atoms with Crippen molar-refractivity contribution in [1.29, 1.82) is 0 Å². The first-order valence-electron chi connectivity index (χ1n) is 6.41. The van der Waals surface area contributed by atoms with Crippen LogP contribution in [0.5, 0.6) is 0 Å². The maximum absolute atomic E-state index is 12.8. The number of nitrogens with one attached hydrogen (secondary N) is 1. The van der Waals surface area contributed by atoms with Gasteiger partial charge in [-0.3, -0.25) is 0 Å². The average Bonchev–Trinajstić information content (AvgIpc) is 2.41. The highest BCUT2D eigenvalue weighted by atomic mass is 19.1. The molecule has 0 saturated carbocycles. The van der Waals surface area contributed by atoms with Crippen molar-refractivity contribution >= 4 is 11.4 Å². The molecule has 0 fully saturated rings. The molecule has 0 aliphatic carbocycles. The van der Waals surface area contributed by atoms with Crippen LogP contribution in [0.4, 0.5) is 15.8 Å². The molecule has 3 heteroatoms. The second-order valence-corrected chi connectivity index (χ2v) is 4.74. The molecule has 0 saturated heterocycles. The van der Waals surface area contributed by atoms with E-state index in [1.54, 1.807) is 0 Å². The first-order valence-corrected chi connectivity index (χ1v) is 6.41. The standard InChI is InChI=1S/C16H19FN2/c1-19(2)16-9-7-15(8-10-16)18-12-11-13-3-5-14(17)6-4-13/h3-10,18H,11-12H2,1-2H3. The molecule has 0 aromatic heterocycles. The summed E-state index contributed by atoms with van der Waals surface area (Å²) in [6.45, 7) is 0.840. The van der Waals surface area contributed by atoms with E-state index in [4.69, 9.17) is 0 Å². The van der Waals surface area contributed by atoms with Crippen molar-refractivity contribution in [2.24, 2.45) is 0 Å². The highest BCUT2D eigenvalue weighted by Gasteiger charge is 1.97. The molecule has 1 N–H and O–H groups in total. The lowest BCUT2D eigenvalue weighted by Crippen LogP contribution is -2.09. The first-order chi connectivity index (χ1) is 9.15. The molecular weight excluding hydrogens is 239 g/mol. The molecule has 2 aromatic rings. The molecule has 2 aromatic carbocycles. The SMILES string of the molecule is CN(C)c1ccc(NCCc2ccc(F)cc2)cc1. The lowest BCUT2D eigenvalue weighted by molar-refractivity contribution is 0.627. The summed E-state index contributed by atoms with van der Waals surface area (Å²) in [5.74, 6) is -0.184. The zero-order chi connectivity index (χ0) is 13.7. The lowest BCUT2D eigenvalue weighted by Gasteiger charge is -2.13. The lowest BCUT2D eigenvalue weighted by atomic mass is 10.1. The van der Waals surface area contributed by atoms with Crippen LogP contribution in [0.2, 0.25) is 0 Å². The van der Waals surface area contributed by atoms with Crippen molar-refractivity contribution in [3.05, 3.63) is 59.9 Å². The van der Waals surface area contributed by atoms with Crippen LogP contribution in [0.3, 0.4) is 0 Å². The van der Waals surface area contributed by atoms with E-state index in [0.29, 0.717) is 0 Å². The van der Waals surface area contributed by atoms with Crippen LogP contribution in [-0.4, -0.2) is 20.6 Å². The van der Waals surface area contributed by atoms with Crippen LogP contribution in [0.15, 0.2) is 48.5 Å². The van der Waals surface area contributed by atoms with Gasteiger partial charge in [0, 0.05) is 32.0 Å². The third kappa shape index (κ3) is 3.98. The number of benzene rings is 2. The van der Waals surface area contributed by atoms with Crippen LogP contribution < -0.4 is 10.2 Å². The molecule has 0 spiro atoms. The number of halogens is 1. The Morgan fingerprint density at radius 1 is 0.947 bits per heavy atom. The zero-order valence-corrected chi connectivity index (χ0v) is 11.4. The predicted molar refractivity (Wildman–Crippen MR) is 79.4 cm³/mol. The molecule has 0 amide bonds. The van der Waals surface area contributed by atoms with E-state index in [2.05, 4.69) is 34.5 Å². The summed E-state index contributed by atoms with van der Waals surface area (Å²) >= 11 is 0. The maximum Gasteiger partial charge on any atom is 0.123 e. The molecule has 0 aliphatic heterocycles. The van der Waals surface area contributed by atoms with E-state index in [0.717, 1.165) is 24.2 Å². The number of hydrogen-bond donors (Lipinski definition) is 1. The Morgan fingerprint density at radius 3 is 2.16 bits per heavy atom. The van der Waals surface area contributed by atoms with E-state index in [1.807, 2.05) is 26.2 Å². The minimum absolute atomic E-state index is 0.184. The number of rotatable bonds is 5. The Bertz CT molecular complexity index is 503. The Hall–Kier alpha value is -2.03. The van der Waals surface area contributed by atoms with Crippen LogP contribution >= 0.6 is 0 Å². The van der Waals surface area contributed by atoms with Crippen LogP contribution in [0.25, 0.3) is 0 Å². The van der Waals surface area contributed by atoms with Crippen molar-refractivity contribution in [2.45, 2.75) is 6.42 Å². The summed E-state index contributed by atoms with van der Waals surface area (Å²) < 4.78 is 12.8. The van der Waals surface area contributed by atoms with Gasteiger partial charge in [0.25, 0.3) is 0 Å². The summed E-state index contributed by atoms with van der Waals surface area (Å²) in [6, 6.07) is 15.0. The number of anilines is 2. The van der Waals surface area contributed by atoms with Gasteiger partial charge in [0.1, 0.15) is 5.82 Å². The summed E-state index contributed by atoms with van der Waals surface area (Å²) in [4.78, 5) is 2.07. The van der Waals surface area contributed by atoms with Gasteiger partial charge in [0.05, 0.1) is 0 Å². The van der Waals surface area contributed by atoms with Gasteiger partial charge < -0.3 is 10.2 Å². The fourth-order valence-corrected chi connectivity index (χ4v) is 1.88. The van der Waals surface area contributed by atoms with Gasteiger partial charge in [0.15, 0.2) is 0 Å². The Balaban J connectivity index is 1.83. The van der Waals surface area contributed by atoms with Crippen molar-refractivity contribution in [1.82, 2.24) is 0 Å². The van der Waals surface area contributed by atoms with Gasteiger partial charge in [-0.2, -0.15) is 0 Å². The molecule has 100 valence electrons. The second-order valence-electron chi connectivity index (χ2n) is 4.74. The van der Waals surface area contributed by atoms with Crippen LogP contribution in [0.1, 0.15) is 5.56 Å². The molecule has 0 heterocycles. The Kier molecular flexibility index (Phi) is 4.39. The molecule has 2 nitrogen and oxygen atoms in total. The summed E-state index contributed by atoms with van der Waals surface area (Å²) in [7, 11) is 4.05. The monoisotopic (exact) mass is 258 g/mol. The van der Waals surface area contributed by atoms with Crippen LogP contribution in [-0.2, 0) is 6.42 Å². The van der Waals surface area contributed by atoms with E-state index in [-0.39, 0.29) is 5.82 Å². The fourth-order valence-electron chi connectivity index (χ4n) is 1.88. The normalized spacial score (nSPS) is 10.3. The van der Waals surface area contributed by atoms with E-state index >= 15 is 0 Å². The van der Waals surface area contributed by atoms with Gasteiger partial charge in [0.2, 0.25) is 0 Å². The fraction of sp³-hybridized carbons (Fsp3) is 0.250. The Morgan fingerprint density at radius 2 is 1.58 bits per heavy atom. The third-order valence-corrected chi connectivity index (χ3v) is 3.04. The molecule has 0 atom stereocenters. The molecule has 0 aliphatic rings. The third-order valence-electron chi connectivity index (χ3n) is 3.04. The number of hydrogen-bond acceptors (Lipinski definition) is 2. The first kappa shape index (κ1) is 13.4. The smallest absolute Gasteiger partial charge is 0.123 e. The van der Waals surface area contributed by atoms with Gasteiger partial charge >= 0.3 is 0 Å². The molecule has 0 bridgehead atoms. The minimum atomic E-state index is -0.184. The van der Waals surface area contributed by atoms with Crippen molar-refractivity contribution < 1.29 is 4.39 Å². The van der Waals surface area contributed by atoms with Gasteiger partial charge in [-0.15, -0.1) is 0 Å². The largest absolute Gasteiger partial charge is 0.385 e. The summed E-state index contributed by atoms with van der Waals surface area (Å²) in [5, 5.41) is 3.36. The molecule has 0 radical (unpaired) electrons. The molecular formula is C16H19FN2. The Labute approximate surface area is 113 Å². The highest BCUT2D eigenvalue weighted by Crippen LogP contribution is 2.15. The molecule has 2 rings (SSSR count). The van der Waals surface area contributed by atoms with E-state index in [1.165, 1.54) is 17.8 Å². The topological polar surface area (TPSA) is 15.3 Å². The van der Waals surface area contributed by atoms with Gasteiger partial charge in [-0.1, -0.05) is 12.1 Å². The second kappa shape index (κ2) is 6.23. The zero-order valence-electron chi connectivity index (χ0n) is 11.4. The summed E-state index contributed by atoms with van der Waals surface area (Å²) in [6.07, 6.45) is 0.885. The average molecular weight is 258 g/mol. The molecule has 19 heavy (non-hydrogen) atoms. The summed E-state index contributed by atoms with van der Waals surface area (Å²) in [5.41, 5.74) is 3.43. The quantitative estimate of drug-likeness (QED) is 0.882. The van der Waals surface area contributed by atoms with Crippen molar-refractivity contribution in [3.8, 4) is 0 Å². The van der Waals surface area contributed by atoms with E-state index < -0.39 is 0 Å². The highest BCUT2D eigenvalue weighted by molar-refractivity contribution is 5.54. The van der Waals surface area contributed by atoms with Crippen molar-refractivity contribution in [2.75, 3.05) is 30.9 Å².